The van der Waals surface area contributed by atoms with Crippen LogP contribution in [0.15, 0.2) is 54.9 Å². The van der Waals surface area contributed by atoms with Crippen LogP contribution in [0, 0.1) is 17.2 Å². The molecule has 1 saturated heterocycles. The molecule has 1 aliphatic heterocycles. The molecular weight excluding hydrogens is 330 g/mol. The number of likely N-dealkylation sites (tertiary alicyclic amines) is 1. The van der Waals surface area contributed by atoms with Gasteiger partial charge in [0.05, 0.1) is 31.7 Å². The second-order valence-corrected chi connectivity index (χ2v) is 6.32. The second-order valence-electron chi connectivity index (χ2n) is 6.32. The predicted molar refractivity (Wildman–Crippen MR) is 94.9 cm³/mol. The second kappa shape index (κ2) is 8.09. The number of hydrogen-bond acceptors (Lipinski definition) is 6. The molecule has 2 aromatic rings. The summed E-state index contributed by atoms with van der Waals surface area (Å²) in [7, 11) is 1.33. The van der Waals surface area contributed by atoms with E-state index in [0.717, 1.165) is 11.1 Å². The number of methoxy groups -OCH3 is 1. The van der Waals surface area contributed by atoms with Crippen molar-refractivity contribution in [2.45, 2.75) is 18.0 Å². The van der Waals surface area contributed by atoms with Crippen LogP contribution in [-0.4, -0.2) is 47.3 Å². The average molecular weight is 351 g/mol. The number of hydrogen-bond donors (Lipinski definition) is 1. The van der Waals surface area contributed by atoms with Crippen molar-refractivity contribution >= 4 is 5.97 Å². The number of benzene rings is 1. The fourth-order valence-electron chi connectivity index (χ4n) is 3.77. The van der Waals surface area contributed by atoms with Gasteiger partial charge in [0.1, 0.15) is 6.04 Å². The van der Waals surface area contributed by atoms with Gasteiger partial charge >= 0.3 is 5.97 Å². The third-order valence-electron chi connectivity index (χ3n) is 5.01. The minimum Gasteiger partial charge on any atom is -0.469 e. The van der Waals surface area contributed by atoms with Crippen molar-refractivity contribution in [1.82, 2.24) is 9.88 Å². The van der Waals surface area contributed by atoms with E-state index < -0.39 is 17.9 Å². The molecule has 0 radical (unpaired) electrons. The highest BCUT2D eigenvalue weighted by atomic mass is 16.5. The van der Waals surface area contributed by atoms with E-state index in [1.165, 1.54) is 7.11 Å². The van der Waals surface area contributed by atoms with Crippen LogP contribution < -0.4 is 0 Å². The molecule has 0 bridgehead atoms. The molecule has 0 aliphatic carbocycles. The first-order chi connectivity index (χ1) is 12.7. The zero-order chi connectivity index (χ0) is 18.5. The van der Waals surface area contributed by atoms with Gasteiger partial charge in [0, 0.05) is 24.9 Å². The Balaban J connectivity index is 2.01. The number of aliphatic hydroxyl groups excluding tert-OH is 1. The van der Waals surface area contributed by atoms with E-state index in [1.54, 1.807) is 12.4 Å². The molecule has 1 N–H and O–H groups in total. The molecule has 6 nitrogen and oxygen atoms in total. The maximum absolute atomic E-state index is 12.5. The number of ether oxygens (including phenoxy) is 1. The molecule has 0 unspecified atom stereocenters. The maximum Gasteiger partial charge on any atom is 0.312 e. The molecule has 0 amide bonds. The van der Waals surface area contributed by atoms with Gasteiger partial charge in [-0.2, -0.15) is 5.26 Å². The molecule has 1 aromatic carbocycles. The van der Waals surface area contributed by atoms with Crippen LogP contribution in [0.2, 0.25) is 0 Å². The fourth-order valence-corrected chi connectivity index (χ4v) is 3.77. The lowest BCUT2D eigenvalue weighted by Gasteiger charge is -2.29. The van der Waals surface area contributed by atoms with Crippen LogP contribution in [0.5, 0.6) is 0 Å². The van der Waals surface area contributed by atoms with Gasteiger partial charge in [0.25, 0.3) is 0 Å². The summed E-state index contributed by atoms with van der Waals surface area (Å²) in [6.07, 6.45) is 3.39. The topological polar surface area (TPSA) is 86.4 Å². The Labute approximate surface area is 152 Å². The molecule has 134 valence electrons. The van der Waals surface area contributed by atoms with Gasteiger partial charge in [-0.1, -0.05) is 36.4 Å². The number of rotatable bonds is 5. The standard InChI is InChI=1S/C20H21N3O3/c1-26-20(25)19-16(15-8-5-9-22-11-15)12-23(17(19)10-21)18(13-24)14-6-3-2-4-7-14/h2-9,11,16-19,24H,12-13H2,1H3/t16-,17-,18-,19-/m0/s1. The van der Waals surface area contributed by atoms with Crippen molar-refractivity contribution in [2.24, 2.45) is 5.92 Å². The molecule has 4 atom stereocenters. The van der Waals surface area contributed by atoms with E-state index in [4.69, 9.17) is 4.74 Å². The number of esters is 1. The first kappa shape index (κ1) is 18.1. The SMILES string of the molecule is COC(=O)[C@H]1[C@H](c2cccnc2)CN([C@@H](CO)c2ccccc2)[C@H]1C#N. The maximum atomic E-state index is 12.5. The molecular formula is C20H21N3O3. The van der Waals surface area contributed by atoms with E-state index in [1.807, 2.05) is 47.4 Å². The molecule has 2 heterocycles. The highest BCUT2D eigenvalue weighted by Crippen LogP contribution is 2.41. The van der Waals surface area contributed by atoms with Gasteiger partial charge in [-0.25, -0.2) is 0 Å². The minimum absolute atomic E-state index is 0.143. The summed E-state index contributed by atoms with van der Waals surface area (Å²) in [5.74, 6) is -1.27. The van der Waals surface area contributed by atoms with E-state index in [-0.39, 0.29) is 18.6 Å². The minimum atomic E-state index is -0.690. The molecule has 0 saturated carbocycles. The molecule has 6 heteroatoms. The van der Waals surface area contributed by atoms with Gasteiger partial charge in [0.2, 0.25) is 0 Å². The zero-order valence-electron chi connectivity index (χ0n) is 14.5. The van der Waals surface area contributed by atoms with Gasteiger partial charge in [-0.15, -0.1) is 0 Å². The molecule has 1 fully saturated rings. The Kier molecular flexibility index (Phi) is 5.61. The Hall–Kier alpha value is -2.75. The molecule has 1 aliphatic rings. The van der Waals surface area contributed by atoms with Crippen LogP contribution >= 0.6 is 0 Å². The summed E-state index contributed by atoms with van der Waals surface area (Å²) in [4.78, 5) is 18.5. The van der Waals surface area contributed by atoms with E-state index in [2.05, 4.69) is 11.1 Å². The van der Waals surface area contributed by atoms with Crippen molar-refractivity contribution < 1.29 is 14.6 Å². The number of aromatic nitrogens is 1. The smallest absolute Gasteiger partial charge is 0.312 e. The van der Waals surface area contributed by atoms with Crippen molar-refractivity contribution in [3.63, 3.8) is 0 Å². The third kappa shape index (κ3) is 3.32. The predicted octanol–water partition coefficient (Wildman–Crippen LogP) is 1.90. The number of carbonyl (C=O) groups excluding carboxylic acids is 1. The first-order valence-electron chi connectivity index (χ1n) is 8.50. The number of carbonyl (C=O) groups is 1. The summed E-state index contributed by atoms with van der Waals surface area (Å²) >= 11 is 0. The Morgan fingerprint density at radius 2 is 2.15 bits per heavy atom. The first-order valence-corrected chi connectivity index (χ1v) is 8.50. The van der Waals surface area contributed by atoms with E-state index in [9.17, 15) is 15.2 Å². The lowest BCUT2D eigenvalue weighted by atomic mass is 9.86. The zero-order valence-corrected chi connectivity index (χ0v) is 14.5. The highest BCUT2D eigenvalue weighted by molar-refractivity contribution is 5.76. The normalized spacial score (nSPS) is 24.0. The highest BCUT2D eigenvalue weighted by Gasteiger charge is 2.49. The fraction of sp³-hybridized carbons (Fsp3) is 0.350. The summed E-state index contributed by atoms with van der Waals surface area (Å²) in [6.45, 7) is 0.319. The Morgan fingerprint density at radius 3 is 2.73 bits per heavy atom. The summed E-state index contributed by atoms with van der Waals surface area (Å²) < 4.78 is 4.99. The van der Waals surface area contributed by atoms with Gasteiger partial charge in [-0.3, -0.25) is 14.7 Å². The van der Waals surface area contributed by atoms with E-state index in [0.29, 0.717) is 6.54 Å². The van der Waals surface area contributed by atoms with Crippen LogP contribution in [0.1, 0.15) is 23.1 Å². The Bertz CT molecular complexity index is 776. The van der Waals surface area contributed by atoms with Crippen molar-refractivity contribution in [1.29, 1.82) is 5.26 Å². The number of nitriles is 1. The van der Waals surface area contributed by atoms with Crippen LogP contribution in [-0.2, 0) is 9.53 Å². The lowest BCUT2D eigenvalue weighted by molar-refractivity contribution is -0.146. The summed E-state index contributed by atoms with van der Waals surface area (Å²) in [5, 5.41) is 19.8. The largest absolute Gasteiger partial charge is 0.469 e. The van der Waals surface area contributed by atoms with Gasteiger partial charge in [-0.05, 0) is 17.2 Å². The van der Waals surface area contributed by atoms with Crippen molar-refractivity contribution in [2.75, 3.05) is 20.3 Å². The third-order valence-corrected chi connectivity index (χ3v) is 5.01. The van der Waals surface area contributed by atoms with Crippen molar-refractivity contribution in [3.05, 3.63) is 66.0 Å². The molecule has 3 rings (SSSR count). The van der Waals surface area contributed by atoms with Crippen molar-refractivity contribution in [3.8, 4) is 6.07 Å². The lowest BCUT2D eigenvalue weighted by Crippen LogP contribution is -2.39. The number of aliphatic hydroxyl groups is 1. The van der Waals surface area contributed by atoms with Gasteiger partial charge < -0.3 is 9.84 Å². The van der Waals surface area contributed by atoms with Crippen LogP contribution in [0.25, 0.3) is 0 Å². The summed E-state index contributed by atoms with van der Waals surface area (Å²) in [5.41, 5.74) is 1.79. The number of pyridine rings is 1. The molecule has 1 aromatic heterocycles. The van der Waals surface area contributed by atoms with E-state index >= 15 is 0 Å². The molecule has 0 spiro atoms. The van der Waals surface area contributed by atoms with Crippen LogP contribution in [0.4, 0.5) is 0 Å². The Morgan fingerprint density at radius 1 is 1.38 bits per heavy atom. The molecule has 26 heavy (non-hydrogen) atoms. The monoisotopic (exact) mass is 351 g/mol. The quantitative estimate of drug-likeness (QED) is 0.828. The average Bonchev–Trinajstić information content (AvgIpc) is 3.09. The number of nitrogens with zero attached hydrogens (tertiary/aromatic N) is 3. The van der Waals surface area contributed by atoms with Crippen LogP contribution in [0.3, 0.4) is 0 Å². The summed E-state index contributed by atoms with van der Waals surface area (Å²) in [6, 6.07) is 14.4. The van der Waals surface area contributed by atoms with Gasteiger partial charge in [0.15, 0.2) is 0 Å².